The molecular formula is C36H57N3O6. The van der Waals surface area contributed by atoms with Crippen LogP contribution in [0.3, 0.4) is 0 Å². The smallest absolute Gasteiger partial charge is 0.224 e. The number of Topliss-reactive ketones (excluding diaryl/α,β-unsaturated/α-hetero) is 1. The van der Waals surface area contributed by atoms with Crippen LogP contribution in [0.25, 0.3) is 0 Å². The Morgan fingerprint density at radius 3 is 2.16 bits per heavy atom. The summed E-state index contributed by atoms with van der Waals surface area (Å²) in [5, 5.41) is 29.1. The molecule has 5 N–H and O–H groups in total. The van der Waals surface area contributed by atoms with E-state index in [2.05, 4.69) is 48.9 Å². The number of carbonyl (C=O) groups is 2. The zero-order valence-corrected chi connectivity index (χ0v) is 28.4. The summed E-state index contributed by atoms with van der Waals surface area (Å²) in [7, 11) is 0. The van der Waals surface area contributed by atoms with Gasteiger partial charge in [-0.1, -0.05) is 51.8 Å². The number of nitrogens with one attached hydrogen (secondary N) is 3. The molecule has 9 nitrogen and oxygen atoms in total. The number of aliphatic hydroxyl groups excluding tert-OH is 2. The molecule has 1 aliphatic rings. The molecule has 9 heteroatoms. The normalized spacial score (nSPS) is 14.8. The minimum atomic E-state index is -0.670. The van der Waals surface area contributed by atoms with Crippen molar-refractivity contribution in [2.24, 2.45) is 0 Å². The highest BCUT2D eigenvalue weighted by Gasteiger charge is 2.21. The van der Waals surface area contributed by atoms with E-state index in [0.717, 1.165) is 12.2 Å². The summed E-state index contributed by atoms with van der Waals surface area (Å²) in [4.78, 5) is 23.5. The fourth-order valence-electron chi connectivity index (χ4n) is 4.93. The number of benzene rings is 2. The number of ether oxygens (including phenoxy) is 2. The number of aliphatic hydroxyl groups is 2. The second kappa shape index (κ2) is 19.5. The second-order valence-corrected chi connectivity index (χ2v) is 13.2. The first kappa shape index (κ1) is 38.2. The molecule has 2 atom stereocenters. The lowest BCUT2D eigenvalue weighted by Gasteiger charge is -2.23. The first-order valence-electron chi connectivity index (χ1n) is 16.4. The average molecular weight is 628 g/mol. The fraction of sp³-hybridized carbons (Fsp3) is 0.611. The lowest BCUT2D eigenvalue weighted by atomic mass is 9.97. The van der Waals surface area contributed by atoms with Crippen molar-refractivity contribution in [3.05, 3.63) is 53.6 Å². The topological polar surface area (TPSA) is 129 Å². The molecule has 0 spiro atoms. The van der Waals surface area contributed by atoms with Crippen LogP contribution in [-0.4, -0.2) is 72.0 Å². The number of amides is 1. The van der Waals surface area contributed by atoms with E-state index in [4.69, 9.17) is 9.47 Å². The maximum Gasteiger partial charge on any atom is 0.224 e. The summed E-state index contributed by atoms with van der Waals surface area (Å²) < 4.78 is 11.5. The number of para-hydroxylation sites is 1. The van der Waals surface area contributed by atoms with Crippen molar-refractivity contribution < 1.29 is 29.3 Å². The predicted molar refractivity (Wildman–Crippen MR) is 182 cm³/mol. The van der Waals surface area contributed by atoms with Crippen molar-refractivity contribution in [1.29, 1.82) is 0 Å². The van der Waals surface area contributed by atoms with Gasteiger partial charge in [0, 0.05) is 36.8 Å². The third-order valence-corrected chi connectivity index (χ3v) is 7.33. The summed E-state index contributed by atoms with van der Waals surface area (Å²) >= 11 is 0. The molecule has 1 amide bonds. The monoisotopic (exact) mass is 627 g/mol. The van der Waals surface area contributed by atoms with Crippen molar-refractivity contribution in [2.45, 2.75) is 117 Å². The zero-order chi connectivity index (χ0) is 33.4. The van der Waals surface area contributed by atoms with Crippen LogP contribution in [0.15, 0.2) is 42.5 Å². The van der Waals surface area contributed by atoms with Gasteiger partial charge < -0.3 is 35.6 Å². The molecular weight excluding hydrogens is 570 g/mol. The van der Waals surface area contributed by atoms with E-state index in [0.29, 0.717) is 49.0 Å². The Bertz CT molecular complexity index is 1170. The highest BCUT2D eigenvalue weighted by molar-refractivity contribution is 5.99. The molecule has 2 aromatic carbocycles. The van der Waals surface area contributed by atoms with Gasteiger partial charge in [-0.05, 0) is 82.7 Å². The van der Waals surface area contributed by atoms with Crippen LogP contribution in [0.2, 0.25) is 0 Å². The molecule has 0 radical (unpaired) electrons. The summed E-state index contributed by atoms with van der Waals surface area (Å²) in [5.41, 5.74) is 2.27. The van der Waals surface area contributed by atoms with Crippen LogP contribution in [-0.2, 0) is 4.79 Å². The summed E-state index contributed by atoms with van der Waals surface area (Å²) in [6.45, 7) is 15.0. The molecule has 1 aliphatic carbocycles. The number of carbonyl (C=O) groups excluding carboxylic acids is 2. The van der Waals surface area contributed by atoms with E-state index in [1.54, 1.807) is 18.2 Å². The van der Waals surface area contributed by atoms with E-state index < -0.39 is 12.2 Å². The number of ketones is 1. The van der Waals surface area contributed by atoms with Crippen molar-refractivity contribution in [2.75, 3.05) is 31.6 Å². The Kier molecular flexibility index (Phi) is 16.6. The van der Waals surface area contributed by atoms with Crippen molar-refractivity contribution in [3.63, 3.8) is 0 Å². The Morgan fingerprint density at radius 1 is 0.933 bits per heavy atom. The molecule has 1 saturated carbocycles. The lowest BCUT2D eigenvalue weighted by Crippen LogP contribution is -2.42. The number of rotatable bonds is 16. The SMILES string of the molecule is CC(C)(C)NC[C@H](O)COc1ccccc1C1CCCC1.CCCC(=O)Nc1ccc(OCC(O)CNC(C)C)c(C(C)=O)c1. The summed E-state index contributed by atoms with van der Waals surface area (Å²) in [5.74, 6) is 1.73. The Balaban J connectivity index is 0.000000316. The van der Waals surface area contributed by atoms with Crippen LogP contribution in [0.1, 0.15) is 109 Å². The second-order valence-electron chi connectivity index (χ2n) is 13.2. The molecule has 0 aliphatic heterocycles. The van der Waals surface area contributed by atoms with Gasteiger partial charge in [-0.2, -0.15) is 0 Å². The van der Waals surface area contributed by atoms with Crippen molar-refractivity contribution in [3.8, 4) is 11.5 Å². The minimum Gasteiger partial charge on any atom is -0.491 e. The molecule has 1 fully saturated rings. The van der Waals surface area contributed by atoms with E-state index in [9.17, 15) is 19.8 Å². The van der Waals surface area contributed by atoms with Crippen LogP contribution in [0.5, 0.6) is 11.5 Å². The molecule has 0 aromatic heterocycles. The third kappa shape index (κ3) is 15.2. The molecule has 2 aromatic rings. The summed E-state index contributed by atoms with van der Waals surface area (Å²) in [6.07, 6.45) is 5.19. The van der Waals surface area contributed by atoms with Gasteiger partial charge in [-0.15, -0.1) is 0 Å². The Hall–Kier alpha value is -2.98. The summed E-state index contributed by atoms with van der Waals surface area (Å²) in [6, 6.07) is 13.5. The van der Waals surface area contributed by atoms with Crippen LogP contribution < -0.4 is 25.4 Å². The first-order valence-corrected chi connectivity index (χ1v) is 16.4. The van der Waals surface area contributed by atoms with Gasteiger partial charge in [0.1, 0.15) is 36.9 Å². The number of hydrogen-bond acceptors (Lipinski definition) is 8. The Labute approximate surface area is 270 Å². The minimum absolute atomic E-state index is 0.0166. The zero-order valence-electron chi connectivity index (χ0n) is 28.4. The first-order chi connectivity index (χ1) is 21.3. The van der Waals surface area contributed by atoms with Crippen LogP contribution in [0.4, 0.5) is 5.69 Å². The van der Waals surface area contributed by atoms with E-state index >= 15 is 0 Å². The predicted octanol–water partition coefficient (Wildman–Crippen LogP) is 5.84. The van der Waals surface area contributed by atoms with Gasteiger partial charge >= 0.3 is 0 Å². The molecule has 0 bridgehead atoms. The quantitative estimate of drug-likeness (QED) is 0.147. The third-order valence-electron chi connectivity index (χ3n) is 7.33. The van der Waals surface area contributed by atoms with Crippen molar-refractivity contribution in [1.82, 2.24) is 10.6 Å². The van der Waals surface area contributed by atoms with Crippen LogP contribution in [0, 0.1) is 0 Å². The van der Waals surface area contributed by atoms with Crippen LogP contribution >= 0.6 is 0 Å². The van der Waals surface area contributed by atoms with Gasteiger partial charge in [-0.25, -0.2) is 0 Å². The van der Waals surface area contributed by atoms with Gasteiger partial charge in [0.25, 0.3) is 0 Å². The Morgan fingerprint density at radius 2 is 1.56 bits per heavy atom. The molecule has 45 heavy (non-hydrogen) atoms. The van der Waals surface area contributed by atoms with E-state index in [1.807, 2.05) is 32.9 Å². The molecule has 0 saturated heterocycles. The number of β-amino-alcohol motifs (C(OH)–C–C–N with tert-alkyl or cyclic N) is 1. The van der Waals surface area contributed by atoms with Gasteiger partial charge in [0.2, 0.25) is 5.91 Å². The molecule has 252 valence electrons. The maximum atomic E-state index is 11.8. The van der Waals surface area contributed by atoms with Gasteiger partial charge in [-0.3, -0.25) is 9.59 Å². The average Bonchev–Trinajstić information content (AvgIpc) is 3.52. The fourth-order valence-corrected chi connectivity index (χ4v) is 4.93. The lowest BCUT2D eigenvalue weighted by molar-refractivity contribution is -0.116. The van der Waals surface area contributed by atoms with E-state index in [1.165, 1.54) is 38.2 Å². The van der Waals surface area contributed by atoms with Gasteiger partial charge in [0.05, 0.1) is 5.56 Å². The van der Waals surface area contributed by atoms with Crippen molar-refractivity contribution >= 4 is 17.4 Å². The largest absolute Gasteiger partial charge is 0.491 e. The highest BCUT2D eigenvalue weighted by atomic mass is 16.5. The van der Waals surface area contributed by atoms with E-state index in [-0.39, 0.29) is 29.9 Å². The number of hydrogen-bond donors (Lipinski definition) is 5. The standard InChI is InChI=1S/C18H28N2O4.C18H29NO2/c1-5-6-18(23)20-14-7-8-17(16(9-14)13(4)21)24-11-15(22)10-19-12(2)3;1-18(2,3)19-12-15(20)13-21-17-11-7-6-10-16(17)14-8-4-5-9-14/h7-9,12,15,19,22H,5-6,10-11H2,1-4H3,(H,20,23);6-7,10-11,14-15,19-20H,4-5,8-9,12-13H2,1-3H3/t;15-/m.0/s1. The maximum absolute atomic E-state index is 11.8. The van der Waals surface area contributed by atoms with Gasteiger partial charge in [0.15, 0.2) is 5.78 Å². The molecule has 3 rings (SSSR count). The molecule has 1 unspecified atom stereocenters. The number of anilines is 1. The highest BCUT2D eigenvalue weighted by Crippen LogP contribution is 2.38. The molecule has 0 heterocycles.